The van der Waals surface area contributed by atoms with Crippen LogP contribution in [0.15, 0.2) is 36.4 Å². The van der Waals surface area contributed by atoms with Crippen LogP contribution < -0.4 is 15.8 Å². The molecule has 172 valence electrons. The zero-order valence-electron chi connectivity index (χ0n) is 18.4. The molecule has 2 aromatic rings. The molecule has 4 N–H and O–H groups in total. The molecule has 3 rings (SSSR count). The van der Waals surface area contributed by atoms with Gasteiger partial charge in [0, 0.05) is 20.1 Å². The van der Waals surface area contributed by atoms with Crippen LogP contribution >= 0.6 is 0 Å². The maximum absolute atomic E-state index is 14.3. The Morgan fingerprint density at radius 3 is 2.38 bits per heavy atom. The van der Waals surface area contributed by atoms with Crippen LogP contribution in [0.2, 0.25) is 0 Å². The van der Waals surface area contributed by atoms with E-state index in [9.17, 15) is 22.4 Å². The topological polar surface area (TPSA) is 122 Å². The number of nitrogens with two attached hydrogens (primary N) is 1. The average molecular weight is 463 g/mol. The van der Waals surface area contributed by atoms with Gasteiger partial charge in [-0.1, -0.05) is 38.1 Å². The number of hydrogen-bond acceptors (Lipinski definition) is 4. The largest absolute Gasteiger partial charge is 0.355 e. The van der Waals surface area contributed by atoms with Gasteiger partial charge in [0.2, 0.25) is 5.91 Å². The first-order valence-electron chi connectivity index (χ1n) is 10.1. The van der Waals surface area contributed by atoms with Gasteiger partial charge in [0.05, 0.1) is 11.3 Å². The number of nitrogens with one attached hydrogen (secondary N) is 2. The highest BCUT2D eigenvalue weighted by Crippen LogP contribution is 2.41. The summed E-state index contributed by atoms with van der Waals surface area (Å²) in [5.41, 5.74) is 0.683. The Labute approximate surface area is 187 Å². The number of amides is 2. The molecule has 1 fully saturated rings. The summed E-state index contributed by atoms with van der Waals surface area (Å²) in [6.45, 7) is 5.14. The minimum Gasteiger partial charge on any atom is -0.355 e. The number of rotatable bonds is 6. The van der Waals surface area contributed by atoms with E-state index >= 15 is 0 Å². The van der Waals surface area contributed by atoms with Crippen molar-refractivity contribution in [1.29, 1.82) is 0 Å². The number of nitrogens with zero attached hydrogens (tertiary/aromatic N) is 1. The van der Waals surface area contributed by atoms with Crippen LogP contribution in [0, 0.1) is 12.7 Å². The van der Waals surface area contributed by atoms with E-state index in [-0.39, 0.29) is 35.8 Å². The highest BCUT2D eigenvalue weighted by molar-refractivity contribution is 7.86. The fourth-order valence-electron chi connectivity index (χ4n) is 3.96. The maximum Gasteiger partial charge on any atom is 0.276 e. The van der Waals surface area contributed by atoms with Gasteiger partial charge in [-0.15, -0.1) is 0 Å². The molecule has 0 bridgehead atoms. The van der Waals surface area contributed by atoms with Crippen LogP contribution in [0.1, 0.15) is 46.8 Å². The van der Waals surface area contributed by atoms with Crippen LogP contribution in [0.5, 0.6) is 0 Å². The van der Waals surface area contributed by atoms with E-state index in [0.717, 1.165) is 15.9 Å². The standard InChI is InChI=1S/C22H27FN4O4S/c1-13(2)15-7-5-6-8-17(15)22(11-27(12-22)32(24,30)31)21(29)26-19-10-18(23)14(3)9-16(19)20(28)25-4/h5-10,13H,11-12H2,1-4H3,(H,25,28)(H,26,29)(H2,24,30,31). The molecule has 0 spiro atoms. The molecule has 2 amide bonds. The first-order valence-corrected chi connectivity index (χ1v) is 11.6. The van der Waals surface area contributed by atoms with E-state index in [2.05, 4.69) is 10.6 Å². The van der Waals surface area contributed by atoms with Gasteiger partial charge in [-0.25, -0.2) is 9.53 Å². The molecule has 0 radical (unpaired) electrons. The van der Waals surface area contributed by atoms with Crippen molar-refractivity contribution in [2.75, 3.05) is 25.5 Å². The zero-order valence-corrected chi connectivity index (χ0v) is 19.2. The van der Waals surface area contributed by atoms with Gasteiger partial charge in [0.25, 0.3) is 16.1 Å². The first kappa shape index (κ1) is 23.8. The number of carbonyl (C=O) groups is 2. The zero-order chi connectivity index (χ0) is 23.8. The van der Waals surface area contributed by atoms with Gasteiger partial charge >= 0.3 is 0 Å². The highest BCUT2D eigenvalue weighted by Gasteiger charge is 2.55. The smallest absolute Gasteiger partial charge is 0.276 e. The van der Waals surface area contributed by atoms with E-state index in [1.165, 1.54) is 20.0 Å². The molecule has 1 aliphatic rings. The predicted octanol–water partition coefficient (Wildman–Crippen LogP) is 2.01. The molecule has 10 heteroatoms. The van der Waals surface area contributed by atoms with Crippen molar-refractivity contribution in [1.82, 2.24) is 9.62 Å². The molecule has 0 unspecified atom stereocenters. The molecule has 0 aromatic heterocycles. The van der Waals surface area contributed by atoms with Crippen LogP contribution in [0.25, 0.3) is 0 Å². The number of anilines is 1. The number of hydrogen-bond donors (Lipinski definition) is 3. The molecule has 0 saturated carbocycles. The lowest BCUT2D eigenvalue weighted by molar-refractivity contribution is -0.125. The van der Waals surface area contributed by atoms with Crippen molar-refractivity contribution in [2.24, 2.45) is 5.14 Å². The molecule has 1 saturated heterocycles. The predicted molar refractivity (Wildman–Crippen MR) is 120 cm³/mol. The van der Waals surface area contributed by atoms with Crippen molar-refractivity contribution >= 4 is 27.7 Å². The summed E-state index contributed by atoms with van der Waals surface area (Å²) in [4.78, 5) is 25.9. The molecule has 1 heterocycles. The Morgan fingerprint density at radius 1 is 1.19 bits per heavy atom. The summed E-state index contributed by atoms with van der Waals surface area (Å²) in [5, 5.41) is 10.4. The fourth-order valence-corrected chi connectivity index (χ4v) is 4.76. The number of carbonyl (C=O) groups excluding carboxylic acids is 2. The van der Waals surface area contributed by atoms with Gasteiger partial charge < -0.3 is 10.6 Å². The van der Waals surface area contributed by atoms with Crippen molar-refractivity contribution in [3.05, 3.63) is 64.5 Å². The van der Waals surface area contributed by atoms with E-state index in [1.54, 1.807) is 12.1 Å². The highest BCUT2D eigenvalue weighted by atomic mass is 32.2. The van der Waals surface area contributed by atoms with Gasteiger partial charge in [-0.2, -0.15) is 12.7 Å². The molecule has 1 aliphatic heterocycles. The maximum atomic E-state index is 14.3. The summed E-state index contributed by atoms with van der Waals surface area (Å²) in [5.74, 6) is -1.54. The quantitative estimate of drug-likeness (QED) is 0.608. The molecular weight excluding hydrogens is 435 g/mol. The van der Waals surface area contributed by atoms with Crippen LogP contribution in [-0.2, 0) is 20.4 Å². The Kier molecular flexibility index (Phi) is 6.41. The molecular formula is C22H27FN4O4S. The van der Waals surface area contributed by atoms with Gasteiger partial charge in [-0.3, -0.25) is 9.59 Å². The Balaban J connectivity index is 2.08. The van der Waals surface area contributed by atoms with E-state index in [0.29, 0.717) is 5.56 Å². The Bertz CT molecular complexity index is 1170. The summed E-state index contributed by atoms with van der Waals surface area (Å²) < 4.78 is 39.0. The second-order valence-electron chi connectivity index (χ2n) is 8.32. The van der Waals surface area contributed by atoms with Crippen LogP contribution in [0.3, 0.4) is 0 Å². The lowest BCUT2D eigenvalue weighted by Gasteiger charge is -2.48. The van der Waals surface area contributed by atoms with Gasteiger partial charge in [-0.05, 0) is 41.7 Å². The fraction of sp³-hybridized carbons (Fsp3) is 0.364. The SMILES string of the molecule is CNC(=O)c1cc(C)c(F)cc1NC(=O)C1(c2ccccc2C(C)C)CN(S(N)(=O)=O)C1. The summed E-state index contributed by atoms with van der Waals surface area (Å²) >= 11 is 0. The van der Waals surface area contributed by atoms with E-state index < -0.39 is 33.3 Å². The van der Waals surface area contributed by atoms with Crippen molar-refractivity contribution in [3.63, 3.8) is 0 Å². The lowest BCUT2D eigenvalue weighted by atomic mass is 9.71. The van der Waals surface area contributed by atoms with E-state index in [1.807, 2.05) is 26.0 Å². The molecule has 8 nitrogen and oxygen atoms in total. The summed E-state index contributed by atoms with van der Waals surface area (Å²) in [7, 11) is -2.56. The van der Waals surface area contributed by atoms with Crippen LogP contribution in [0.4, 0.5) is 10.1 Å². The van der Waals surface area contributed by atoms with Crippen LogP contribution in [-0.4, -0.2) is 44.7 Å². The molecule has 32 heavy (non-hydrogen) atoms. The molecule has 0 aliphatic carbocycles. The van der Waals surface area contributed by atoms with Gasteiger partial charge in [0.15, 0.2) is 0 Å². The lowest BCUT2D eigenvalue weighted by Crippen LogP contribution is -2.67. The third kappa shape index (κ3) is 4.25. The van der Waals surface area contributed by atoms with Crippen molar-refractivity contribution in [2.45, 2.75) is 32.1 Å². The first-order chi connectivity index (χ1) is 14.9. The monoisotopic (exact) mass is 462 g/mol. The summed E-state index contributed by atoms with van der Waals surface area (Å²) in [6.07, 6.45) is 0. The molecule has 2 aromatic carbocycles. The summed E-state index contributed by atoms with van der Waals surface area (Å²) in [6, 6.07) is 9.74. The minimum absolute atomic E-state index is 0.00732. The Morgan fingerprint density at radius 2 is 1.81 bits per heavy atom. The molecule has 0 atom stereocenters. The van der Waals surface area contributed by atoms with Crippen molar-refractivity contribution < 1.29 is 22.4 Å². The third-order valence-electron chi connectivity index (χ3n) is 5.80. The Hall–Kier alpha value is -2.82. The number of halogens is 1. The second kappa shape index (κ2) is 8.61. The number of aryl methyl sites for hydroxylation is 1. The van der Waals surface area contributed by atoms with E-state index in [4.69, 9.17) is 5.14 Å². The average Bonchev–Trinajstić information content (AvgIpc) is 2.68. The normalized spacial score (nSPS) is 15.8. The second-order valence-corrected chi connectivity index (χ2v) is 9.86. The third-order valence-corrected chi connectivity index (χ3v) is 6.78. The van der Waals surface area contributed by atoms with Gasteiger partial charge in [0.1, 0.15) is 11.2 Å². The van der Waals surface area contributed by atoms with Crippen molar-refractivity contribution in [3.8, 4) is 0 Å². The minimum atomic E-state index is -3.99. The number of benzene rings is 2.